The van der Waals surface area contributed by atoms with Crippen molar-refractivity contribution in [2.45, 2.75) is 26.1 Å². The van der Waals surface area contributed by atoms with Crippen LogP contribution >= 0.6 is 0 Å². The molecule has 0 aliphatic heterocycles. The zero-order valence-electron chi connectivity index (χ0n) is 11.5. The first-order valence-corrected chi connectivity index (χ1v) is 8.26. The zero-order chi connectivity index (χ0) is 14.9. The van der Waals surface area contributed by atoms with Crippen molar-refractivity contribution in [2.75, 3.05) is 5.75 Å². The molecule has 0 saturated carbocycles. The number of carboxylic acids is 1. The van der Waals surface area contributed by atoms with Crippen molar-refractivity contribution in [3.63, 3.8) is 0 Å². The second kappa shape index (κ2) is 5.28. The monoisotopic (exact) mass is 295 g/mol. The summed E-state index contributed by atoms with van der Waals surface area (Å²) in [7, 11) is -3.15. The molecule has 0 bridgehead atoms. The Morgan fingerprint density at radius 2 is 2.00 bits per heavy atom. The van der Waals surface area contributed by atoms with Gasteiger partial charge in [0.15, 0.2) is 9.84 Å². The summed E-state index contributed by atoms with van der Waals surface area (Å²) in [6.07, 6.45) is 0. The van der Waals surface area contributed by atoms with E-state index in [-0.39, 0.29) is 17.1 Å². The van der Waals surface area contributed by atoms with Gasteiger partial charge in [0.1, 0.15) is 0 Å². The first-order valence-electron chi connectivity index (χ1n) is 6.44. The molecule has 2 rings (SSSR count). The summed E-state index contributed by atoms with van der Waals surface area (Å²) in [6, 6.07) is 6.77. The van der Waals surface area contributed by atoms with E-state index >= 15 is 0 Å². The minimum Gasteiger partial charge on any atom is -0.478 e. The summed E-state index contributed by atoms with van der Waals surface area (Å²) in [4.78, 5) is 11.3. The predicted molar refractivity (Wildman–Crippen MR) is 77.7 cm³/mol. The van der Waals surface area contributed by atoms with Gasteiger partial charge in [-0.15, -0.1) is 0 Å². The molecular formula is C14H17NO4S. The van der Waals surface area contributed by atoms with Crippen LogP contribution in [0.3, 0.4) is 0 Å². The number of sulfone groups is 1. The molecule has 0 spiro atoms. The quantitative estimate of drug-likeness (QED) is 0.918. The fraction of sp³-hybridized carbons (Fsp3) is 0.357. The Morgan fingerprint density at radius 1 is 1.30 bits per heavy atom. The highest BCUT2D eigenvalue weighted by atomic mass is 32.2. The Balaban J connectivity index is 2.69. The van der Waals surface area contributed by atoms with Gasteiger partial charge in [0.05, 0.1) is 16.8 Å². The number of nitrogens with zero attached hydrogens (tertiary/aromatic N) is 1. The minimum atomic E-state index is -3.15. The molecule has 108 valence electrons. The number of aryl methyl sites for hydroxylation is 1. The molecule has 1 N–H and O–H groups in total. The Labute approximate surface area is 117 Å². The highest BCUT2D eigenvalue weighted by Crippen LogP contribution is 2.25. The number of hydrogen-bond acceptors (Lipinski definition) is 3. The molecular weight excluding hydrogens is 278 g/mol. The molecule has 0 atom stereocenters. The van der Waals surface area contributed by atoms with E-state index in [2.05, 4.69) is 0 Å². The van der Waals surface area contributed by atoms with Crippen molar-refractivity contribution in [2.24, 2.45) is 0 Å². The average Bonchev–Trinajstić information content (AvgIpc) is 2.74. The molecule has 0 saturated heterocycles. The lowest BCUT2D eigenvalue weighted by Gasteiger charge is -2.09. The van der Waals surface area contributed by atoms with Gasteiger partial charge in [-0.1, -0.05) is 19.1 Å². The number of carbonyl (C=O) groups is 1. The fourth-order valence-electron chi connectivity index (χ4n) is 2.36. The van der Waals surface area contributed by atoms with Crippen LogP contribution in [0.15, 0.2) is 24.3 Å². The second-order valence-corrected chi connectivity index (χ2v) is 6.96. The molecule has 0 unspecified atom stereocenters. The van der Waals surface area contributed by atoms with Crippen LogP contribution in [-0.2, 0) is 22.1 Å². The lowest BCUT2D eigenvalue weighted by atomic mass is 10.1. The highest BCUT2D eigenvalue weighted by Gasteiger charge is 2.18. The van der Waals surface area contributed by atoms with Crippen molar-refractivity contribution >= 4 is 26.7 Å². The Kier molecular flexibility index (Phi) is 3.85. The van der Waals surface area contributed by atoms with E-state index in [4.69, 9.17) is 0 Å². The van der Waals surface area contributed by atoms with Crippen LogP contribution in [0.4, 0.5) is 0 Å². The lowest BCUT2D eigenvalue weighted by molar-refractivity contribution is 0.0698. The summed E-state index contributed by atoms with van der Waals surface area (Å²) >= 11 is 0. The van der Waals surface area contributed by atoms with Crippen molar-refractivity contribution in [3.05, 3.63) is 35.5 Å². The number of hydrogen-bond donors (Lipinski definition) is 1. The first kappa shape index (κ1) is 14.6. The topological polar surface area (TPSA) is 76.4 Å². The normalized spacial score (nSPS) is 11.9. The van der Waals surface area contributed by atoms with Crippen LogP contribution in [0, 0.1) is 0 Å². The van der Waals surface area contributed by atoms with Gasteiger partial charge < -0.3 is 9.67 Å². The van der Waals surface area contributed by atoms with E-state index in [1.807, 2.05) is 6.92 Å². The molecule has 6 heteroatoms. The van der Waals surface area contributed by atoms with E-state index in [0.29, 0.717) is 17.8 Å². The van der Waals surface area contributed by atoms with Crippen molar-refractivity contribution < 1.29 is 18.3 Å². The molecule has 0 amide bonds. The van der Waals surface area contributed by atoms with Gasteiger partial charge in [0.2, 0.25) is 0 Å². The van der Waals surface area contributed by atoms with E-state index in [1.54, 1.807) is 29.7 Å². The van der Waals surface area contributed by atoms with Crippen LogP contribution in [0.1, 0.15) is 29.9 Å². The zero-order valence-corrected chi connectivity index (χ0v) is 12.3. The molecule has 0 aliphatic carbocycles. The van der Waals surface area contributed by atoms with Crippen molar-refractivity contribution in [1.82, 2.24) is 4.57 Å². The summed E-state index contributed by atoms with van der Waals surface area (Å²) in [5.74, 6) is -0.997. The number of aromatic nitrogens is 1. The lowest BCUT2D eigenvalue weighted by Crippen LogP contribution is -2.11. The van der Waals surface area contributed by atoms with E-state index in [0.717, 1.165) is 5.39 Å². The standard InChI is InChI=1S/C14H17NO4S/c1-3-15-11(9-20(18,19)4-2)8-10-6-5-7-12(13(10)15)14(16)17/h5-8H,3-4,9H2,1-2H3,(H,16,17). The summed E-state index contributed by atoms with van der Waals surface area (Å²) in [6.45, 7) is 4.01. The molecule has 5 nitrogen and oxygen atoms in total. The van der Waals surface area contributed by atoms with Crippen LogP contribution < -0.4 is 0 Å². The smallest absolute Gasteiger partial charge is 0.337 e. The van der Waals surface area contributed by atoms with Gasteiger partial charge in [-0.3, -0.25) is 0 Å². The summed E-state index contributed by atoms with van der Waals surface area (Å²) in [5.41, 5.74) is 1.42. The summed E-state index contributed by atoms with van der Waals surface area (Å²) < 4.78 is 25.4. The Bertz CT molecular complexity index is 759. The number of aromatic carboxylic acids is 1. The van der Waals surface area contributed by atoms with Crippen LogP contribution in [0.2, 0.25) is 0 Å². The van der Waals surface area contributed by atoms with Gasteiger partial charge >= 0.3 is 5.97 Å². The number of fused-ring (bicyclic) bond motifs is 1. The van der Waals surface area contributed by atoms with E-state index < -0.39 is 15.8 Å². The maximum atomic E-state index is 11.8. The number of carboxylic acid groups (broad SMARTS) is 1. The molecule has 20 heavy (non-hydrogen) atoms. The Morgan fingerprint density at radius 3 is 2.55 bits per heavy atom. The molecule has 1 aromatic carbocycles. The minimum absolute atomic E-state index is 0.0644. The van der Waals surface area contributed by atoms with Gasteiger partial charge in [-0.05, 0) is 19.1 Å². The largest absolute Gasteiger partial charge is 0.478 e. The van der Waals surface area contributed by atoms with Crippen LogP contribution in [-0.4, -0.2) is 29.8 Å². The maximum absolute atomic E-state index is 11.8. The maximum Gasteiger partial charge on any atom is 0.337 e. The van der Waals surface area contributed by atoms with Gasteiger partial charge in [0, 0.05) is 23.4 Å². The molecule has 1 heterocycles. The number of para-hydroxylation sites is 1. The fourth-order valence-corrected chi connectivity index (χ4v) is 3.25. The second-order valence-electron chi connectivity index (χ2n) is 4.61. The third-order valence-corrected chi connectivity index (χ3v) is 4.98. The van der Waals surface area contributed by atoms with Crippen molar-refractivity contribution in [3.8, 4) is 0 Å². The average molecular weight is 295 g/mol. The summed E-state index contributed by atoms with van der Waals surface area (Å²) in [5, 5.41) is 10.0. The third-order valence-electron chi connectivity index (χ3n) is 3.36. The van der Waals surface area contributed by atoms with Gasteiger partial charge in [0.25, 0.3) is 0 Å². The molecule has 0 radical (unpaired) electrons. The predicted octanol–water partition coefficient (Wildman–Crippen LogP) is 2.29. The van der Waals surface area contributed by atoms with E-state index in [9.17, 15) is 18.3 Å². The SMILES string of the molecule is CCn1c(CS(=O)(=O)CC)cc2cccc(C(=O)O)c21. The van der Waals surface area contributed by atoms with Crippen molar-refractivity contribution in [1.29, 1.82) is 0 Å². The third kappa shape index (κ3) is 2.56. The van der Waals surface area contributed by atoms with Crippen LogP contribution in [0.25, 0.3) is 10.9 Å². The molecule has 2 aromatic rings. The Hall–Kier alpha value is -1.82. The number of benzene rings is 1. The number of rotatable bonds is 5. The van der Waals surface area contributed by atoms with Gasteiger partial charge in [-0.2, -0.15) is 0 Å². The molecule has 0 fully saturated rings. The van der Waals surface area contributed by atoms with Crippen LogP contribution in [0.5, 0.6) is 0 Å². The highest BCUT2D eigenvalue weighted by molar-refractivity contribution is 7.90. The first-order chi connectivity index (χ1) is 9.39. The molecule has 0 aliphatic rings. The van der Waals surface area contributed by atoms with Gasteiger partial charge in [-0.25, -0.2) is 13.2 Å². The van der Waals surface area contributed by atoms with E-state index in [1.165, 1.54) is 6.07 Å². The molecule has 1 aromatic heterocycles.